The van der Waals surface area contributed by atoms with Gasteiger partial charge < -0.3 is 0 Å². The Bertz CT molecular complexity index is 224. The van der Waals surface area contributed by atoms with E-state index in [9.17, 15) is 0 Å². The zero-order valence-electron chi connectivity index (χ0n) is 7.61. The first kappa shape index (κ1) is 7.84. The van der Waals surface area contributed by atoms with Crippen LogP contribution in [-0.4, -0.2) is 9.78 Å². The van der Waals surface area contributed by atoms with Crippen molar-refractivity contribution in [1.82, 2.24) is 9.78 Å². The zero-order valence-corrected chi connectivity index (χ0v) is 7.61. The van der Waals surface area contributed by atoms with Crippen LogP contribution < -0.4 is 0 Å². The molecule has 1 fully saturated rings. The van der Waals surface area contributed by atoms with Crippen molar-refractivity contribution in [1.29, 1.82) is 0 Å². The van der Waals surface area contributed by atoms with Gasteiger partial charge in [0.1, 0.15) is 0 Å². The fourth-order valence-corrected chi connectivity index (χ4v) is 1.86. The summed E-state index contributed by atoms with van der Waals surface area (Å²) in [6.45, 7) is 3.43. The highest BCUT2D eigenvalue weighted by atomic mass is 15.3. The van der Waals surface area contributed by atoms with Gasteiger partial charge in [-0.25, -0.2) is 0 Å². The quantitative estimate of drug-likeness (QED) is 0.670. The molecule has 1 unspecified atom stereocenters. The summed E-state index contributed by atoms with van der Waals surface area (Å²) < 4.78 is 2.04. The van der Waals surface area contributed by atoms with Gasteiger partial charge in [0.05, 0.1) is 0 Å². The highest BCUT2D eigenvalue weighted by Crippen LogP contribution is 2.33. The number of aromatic nitrogens is 2. The summed E-state index contributed by atoms with van der Waals surface area (Å²) in [5.74, 6) is 1.77. The Morgan fingerprint density at radius 2 is 2.42 bits per heavy atom. The minimum Gasteiger partial charge on any atom is -0.272 e. The molecule has 66 valence electrons. The summed E-state index contributed by atoms with van der Waals surface area (Å²) in [5, 5.41) is 4.21. The Morgan fingerprint density at radius 1 is 1.58 bits per heavy atom. The molecule has 2 nitrogen and oxygen atoms in total. The van der Waals surface area contributed by atoms with Gasteiger partial charge in [-0.05, 0) is 17.9 Å². The summed E-state index contributed by atoms with van der Waals surface area (Å²) in [6.07, 6.45) is 8.21. The van der Waals surface area contributed by atoms with Crippen LogP contribution in [0.15, 0.2) is 18.5 Å². The summed E-state index contributed by atoms with van der Waals surface area (Å²) in [5.41, 5.74) is 0. The van der Waals surface area contributed by atoms with Gasteiger partial charge >= 0.3 is 0 Å². The molecular weight excluding hydrogens is 148 g/mol. The van der Waals surface area contributed by atoms with Gasteiger partial charge in [-0.2, -0.15) is 5.10 Å². The predicted molar refractivity (Wildman–Crippen MR) is 48.7 cm³/mol. The molecule has 0 saturated heterocycles. The van der Waals surface area contributed by atoms with Crippen LogP contribution in [0.3, 0.4) is 0 Å². The molecule has 2 rings (SSSR count). The monoisotopic (exact) mass is 164 g/mol. The highest BCUT2D eigenvalue weighted by molar-refractivity contribution is 4.80. The SMILES string of the molecule is CC(Cn1cccn1)C1CCC1. The zero-order chi connectivity index (χ0) is 8.39. The van der Waals surface area contributed by atoms with Crippen molar-refractivity contribution in [2.75, 3.05) is 0 Å². The molecule has 1 aliphatic carbocycles. The van der Waals surface area contributed by atoms with Gasteiger partial charge in [0.25, 0.3) is 0 Å². The number of hydrogen-bond donors (Lipinski definition) is 0. The summed E-state index contributed by atoms with van der Waals surface area (Å²) in [7, 11) is 0. The molecule has 1 saturated carbocycles. The Labute approximate surface area is 73.6 Å². The number of rotatable bonds is 3. The van der Waals surface area contributed by atoms with E-state index in [0.717, 1.165) is 18.4 Å². The molecule has 0 radical (unpaired) electrons. The first-order valence-corrected chi connectivity index (χ1v) is 4.83. The molecule has 0 aromatic carbocycles. The average molecular weight is 164 g/mol. The van der Waals surface area contributed by atoms with Crippen molar-refractivity contribution in [3.8, 4) is 0 Å². The second-order valence-electron chi connectivity index (χ2n) is 3.90. The molecule has 0 aliphatic heterocycles. The van der Waals surface area contributed by atoms with Gasteiger partial charge in [0, 0.05) is 18.9 Å². The first-order chi connectivity index (χ1) is 5.86. The lowest BCUT2D eigenvalue weighted by atomic mass is 9.77. The molecule has 0 N–H and O–H groups in total. The van der Waals surface area contributed by atoms with Crippen LogP contribution in [0.4, 0.5) is 0 Å². The maximum Gasteiger partial charge on any atom is 0.0489 e. The standard InChI is InChI=1S/C10H16N2/c1-9(10-4-2-5-10)8-12-7-3-6-11-12/h3,6-7,9-10H,2,4-5,8H2,1H3. The highest BCUT2D eigenvalue weighted by Gasteiger charge is 2.23. The Balaban J connectivity index is 1.86. The van der Waals surface area contributed by atoms with Crippen molar-refractivity contribution in [2.24, 2.45) is 11.8 Å². The third-order valence-corrected chi connectivity index (χ3v) is 2.99. The lowest BCUT2D eigenvalue weighted by Gasteiger charge is -2.31. The minimum atomic E-state index is 0.804. The van der Waals surface area contributed by atoms with Crippen LogP contribution in [0.2, 0.25) is 0 Å². The topological polar surface area (TPSA) is 17.8 Å². The van der Waals surface area contributed by atoms with Crippen LogP contribution in [0, 0.1) is 11.8 Å². The average Bonchev–Trinajstić information content (AvgIpc) is 2.34. The van der Waals surface area contributed by atoms with Gasteiger partial charge in [0.2, 0.25) is 0 Å². The maximum atomic E-state index is 4.21. The molecule has 1 aromatic heterocycles. The van der Waals surface area contributed by atoms with E-state index in [1.54, 1.807) is 0 Å². The number of nitrogens with zero attached hydrogens (tertiary/aromatic N) is 2. The molecule has 2 heteroatoms. The van der Waals surface area contributed by atoms with E-state index < -0.39 is 0 Å². The maximum absolute atomic E-state index is 4.21. The third-order valence-electron chi connectivity index (χ3n) is 2.99. The van der Waals surface area contributed by atoms with Crippen LogP contribution in [-0.2, 0) is 6.54 Å². The van der Waals surface area contributed by atoms with E-state index in [1.807, 2.05) is 16.9 Å². The molecule has 1 atom stereocenters. The normalized spacial score (nSPS) is 20.4. The van der Waals surface area contributed by atoms with E-state index >= 15 is 0 Å². The molecule has 1 heterocycles. The fraction of sp³-hybridized carbons (Fsp3) is 0.700. The molecule has 0 amide bonds. The van der Waals surface area contributed by atoms with E-state index in [4.69, 9.17) is 0 Å². The van der Waals surface area contributed by atoms with Crippen molar-refractivity contribution in [2.45, 2.75) is 32.7 Å². The van der Waals surface area contributed by atoms with E-state index in [0.29, 0.717) is 0 Å². The largest absolute Gasteiger partial charge is 0.272 e. The van der Waals surface area contributed by atoms with Crippen LogP contribution >= 0.6 is 0 Å². The molecule has 0 spiro atoms. The summed E-state index contributed by atoms with van der Waals surface area (Å²) in [6, 6.07) is 1.99. The van der Waals surface area contributed by atoms with Gasteiger partial charge in [-0.3, -0.25) is 4.68 Å². The fourth-order valence-electron chi connectivity index (χ4n) is 1.86. The molecular formula is C10H16N2. The van der Waals surface area contributed by atoms with Crippen molar-refractivity contribution in [3.05, 3.63) is 18.5 Å². The summed E-state index contributed by atoms with van der Waals surface area (Å²) in [4.78, 5) is 0. The van der Waals surface area contributed by atoms with Crippen LogP contribution in [0.5, 0.6) is 0 Å². The van der Waals surface area contributed by atoms with Gasteiger partial charge in [-0.1, -0.05) is 26.2 Å². The van der Waals surface area contributed by atoms with E-state index in [-0.39, 0.29) is 0 Å². The molecule has 1 aromatic rings. The molecule has 0 bridgehead atoms. The Hall–Kier alpha value is -0.790. The van der Waals surface area contributed by atoms with Crippen molar-refractivity contribution < 1.29 is 0 Å². The van der Waals surface area contributed by atoms with E-state index in [2.05, 4.69) is 18.2 Å². The molecule has 1 aliphatic rings. The lowest BCUT2D eigenvalue weighted by Crippen LogP contribution is -2.23. The van der Waals surface area contributed by atoms with Crippen LogP contribution in [0.1, 0.15) is 26.2 Å². The second-order valence-corrected chi connectivity index (χ2v) is 3.90. The second kappa shape index (κ2) is 3.30. The Kier molecular flexibility index (Phi) is 2.15. The van der Waals surface area contributed by atoms with Gasteiger partial charge in [0.15, 0.2) is 0 Å². The molecule has 12 heavy (non-hydrogen) atoms. The smallest absolute Gasteiger partial charge is 0.0489 e. The van der Waals surface area contributed by atoms with Crippen LogP contribution in [0.25, 0.3) is 0 Å². The van der Waals surface area contributed by atoms with Gasteiger partial charge in [-0.15, -0.1) is 0 Å². The minimum absolute atomic E-state index is 0.804. The number of hydrogen-bond acceptors (Lipinski definition) is 1. The van der Waals surface area contributed by atoms with E-state index in [1.165, 1.54) is 19.3 Å². The summed E-state index contributed by atoms with van der Waals surface area (Å²) >= 11 is 0. The Morgan fingerprint density at radius 3 is 2.92 bits per heavy atom. The van der Waals surface area contributed by atoms with Crippen molar-refractivity contribution >= 4 is 0 Å². The lowest BCUT2D eigenvalue weighted by molar-refractivity contribution is 0.196. The predicted octanol–water partition coefficient (Wildman–Crippen LogP) is 2.32. The first-order valence-electron chi connectivity index (χ1n) is 4.83. The van der Waals surface area contributed by atoms with Crippen molar-refractivity contribution in [3.63, 3.8) is 0 Å². The third kappa shape index (κ3) is 1.52.